The predicted octanol–water partition coefficient (Wildman–Crippen LogP) is 4.66. The Kier molecular flexibility index (Phi) is 6.83. The smallest absolute Gasteiger partial charge is 0.301 e. The lowest BCUT2D eigenvalue weighted by Gasteiger charge is -2.23. The molecule has 1 aromatic heterocycles. The maximum absolute atomic E-state index is 13.2. The molecule has 0 bridgehead atoms. The van der Waals surface area contributed by atoms with E-state index in [2.05, 4.69) is 11.9 Å². The number of carbonyl (C=O) groups is 2. The molecule has 1 atom stereocenters. The summed E-state index contributed by atoms with van der Waals surface area (Å²) in [6.07, 6.45) is 3.40. The summed E-state index contributed by atoms with van der Waals surface area (Å²) in [5.74, 6) is -1.32. The molecule has 0 radical (unpaired) electrons. The van der Waals surface area contributed by atoms with Gasteiger partial charge in [0.25, 0.3) is 5.78 Å². The largest absolute Gasteiger partial charge is 0.507 e. The summed E-state index contributed by atoms with van der Waals surface area (Å²) < 4.78 is 11.0. The first-order valence-electron chi connectivity index (χ1n) is 10.8. The molecule has 1 aliphatic heterocycles. The maximum Gasteiger partial charge on any atom is 0.301 e. The number of aromatic hydroxyl groups is 1. The summed E-state index contributed by atoms with van der Waals surface area (Å²) >= 11 is 1.20. The van der Waals surface area contributed by atoms with Gasteiger partial charge in [-0.25, -0.2) is 4.98 Å². The van der Waals surface area contributed by atoms with Crippen LogP contribution in [0, 0.1) is 0 Å². The van der Waals surface area contributed by atoms with Gasteiger partial charge in [0.2, 0.25) is 0 Å². The number of aromatic nitrogens is 1. The SMILES string of the molecule is CCCCOc1cccc(C(O)=C2C(=O)C(=O)N(c3nccs3)C2c2ccc(O)c(OC)c2)c1. The lowest BCUT2D eigenvalue weighted by molar-refractivity contribution is -0.132. The number of ether oxygens (including phenoxy) is 2. The summed E-state index contributed by atoms with van der Waals surface area (Å²) in [6.45, 7) is 2.59. The van der Waals surface area contributed by atoms with E-state index in [1.165, 1.54) is 41.7 Å². The van der Waals surface area contributed by atoms with Crippen molar-refractivity contribution in [2.45, 2.75) is 25.8 Å². The number of phenols is 1. The first kappa shape index (κ1) is 23.3. The summed E-state index contributed by atoms with van der Waals surface area (Å²) in [5.41, 5.74) is 0.737. The standard InChI is InChI=1S/C25H24N2O6S/c1-3-4-11-33-17-7-5-6-16(13-17)22(29)20-21(15-8-9-18(28)19(14-15)32-2)27(24(31)23(20)30)25-26-10-12-34-25/h5-10,12-14,21,28-29H,3-4,11H2,1-2H3. The van der Waals surface area contributed by atoms with Crippen LogP contribution in [0.5, 0.6) is 17.2 Å². The van der Waals surface area contributed by atoms with Crippen molar-refractivity contribution in [1.29, 1.82) is 0 Å². The van der Waals surface area contributed by atoms with Crippen molar-refractivity contribution < 1.29 is 29.3 Å². The molecular weight excluding hydrogens is 456 g/mol. The molecule has 1 unspecified atom stereocenters. The van der Waals surface area contributed by atoms with Crippen LogP contribution in [0.15, 0.2) is 59.6 Å². The van der Waals surface area contributed by atoms with Crippen molar-refractivity contribution in [1.82, 2.24) is 4.98 Å². The van der Waals surface area contributed by atoms with E-state index in [1.807, 2.05) is 0 Å². The monoisotopic (exact) mass is 480 g/mol. The molecule has 1 aliphatic rings. The number of hydrogen-bond acceptors (Lipinski definition) is 8. The molecular formula is C25H24N2O6S. The van der Waals surface area contributed by atoms with Gasteiger partial charge in [-0.05, 0) is 36.2 Å². The quantitative estimate of drug-likeness (QED) is 0.209. The molecule has 2 N–H and O–H groups in total. The van der Waals surface area contributed by atoms with Gasteiger partial charge < -0.3 is 19.7 Å². The topological polar surface area (TPSA) is 109 Å². The van der Waals surface area contributed by atoms with Crippen LogP contribution in [0.3, 0.4) is 0 Å². The van der Waals surface area contributed by atoms with Gasteiger partial charge in [-0.15, -0.1) is 11.3 Å². The Morgan fingerprint density at radius 3 is 2.74 bits per heavy atom. The third-order valence-electron chi connectivity index (χ3n) is 5.46. The molecule has 34 heavy (non-hydrogen) atoms. The number of aliphatic hydroxyl groups is 1. The van der Waals surface area contributed by atoms with Gasteiger partial charge in [-0.3, -0.25) is 14.5 Å². The second-order valence-electron chi connectivity index (χ2n) is 7.64. The summed E-state index contributed by atoms with van der Waals surface area (Å²) in [7, 11) is 1.40. The highest BCUT2D eigenvalue weighted by Gasteiger charge is 2.48. The average molecular weight is 481 g/mol. The zero-order chi connectivity index (χ0) is 24.2. The predicted molar refractivity (Wildman–Crippen MR) is 128 cm³/mol. The number of Topliss-reactive ketones (excluding diaryl/α,β-unsaturated/α-hetero) is 1. The number of thiazole rings is 1. The number of methoxy groups -OCH3 is 1. The fourth-order valence-corrected chi connectivity index (χ4v) is 4.43. The van der Waals surface area contributed by atoms with E-state index in [1.54, 1.807) is 35.7 Å². The van der Waals surface area contributed by atoms with E-state index < -0.39 is 17.7 Å². The maximum atomic E-state index is 13.2. The molecule has 2 heterocycles. The van der Waals surface area contributed by atoms with Crippen LogP contribution in [0.1, 0.15) is 36.9 Å². The number of hydrogen-bond donors (Lipinski definition) is 2. The van der Waals surface area contributed by atoms with E-state index in [9.17, 15) is 19.8 Å². The van der Waals surface area contributed by atoms with Crippen molar-refractivity contribution in [3.63, 3.8) is 0 Å². The van der Waals surface area contributed by atoms with Crippen LogP contribution >= 0.6 is 11.3 Å². The van der Waals surface area contributed by atoms with Gasteiger partial charge in [0.1, 0.15) is 11.5 Å². The number of ketones is 1. The number of phenolic OH excluding ortho intramolecular Hbond substituents is 1. The molecule has 8 nitrogen and oxygen atoms in total. The minimum absolute atomic E-state index is 0.0846. The number of nitrogens with zero attached hydrogens (tertiary/aromatic N) is 2. The summed E-state index contributed by atoms with van der Waals surface area (Å²) in [4.78, 5) is 31.7. The molecule has 9 heteroatoms. The van der Waals surface area contributed by atoms with Crippen LogP contribution in [-0.4, -0.2) is 40.6 Å². The Labute approximate surface area is 200 Å². The molecule has 1 amide bonds. The Morgan fingerprint density at radius 1 is 1.21 bits per heavy atom. The van der Waals surface area contributed by atoms with Gasteiger partial charge in [0, 0.05) is 17.1 Å². The molecule has 1 fully saturated rings. The van der Waals surface area contributed by atoms with Crippen LogP contribution in [0.25, 0.3) is 5.76 Å². The van der Waals surface area contributed by atoms with Crippen molar-refractivity contribution in [2.75, 3.05) is 18.6 Å². The van der Waals surface area contributed by atoms with Gasteiger partial charge in [0.15, 0.2) is 16.6 Å². The minimum atomic E-state index is -0.967. The number of aliphatic hydroxyl groups excluding tert-OH is 1. The Hall–Kier alpha value is -3.85. The van der Waals surface area contributed by atoms with E-state index >= 15 is 0 Å². The van der Waals surface area contributed by atoms with E-state index in [4.69, 9.17) is 9.47 Å². The van der Waals surface area contributed by atoms with Crippen LogP contribution in [-0.2, 0) is 9.59 Å². The highest BCUT2D eigenvalue weighted by Crippen LogP contribution is 2.44. The van der Waals surface area contributed by atoms with E-state index in [-0.39, 0.29) is 22.8 Å². The zero-order valence-electron chi connectivity index (χ0n) is 18.7. The molecule has 176 valence electrons. The molecule has 0 saturated carbocycles. The highest BCUT2D eigenvalue weighted by molar-refractivity contribution is 7.14. The summed E-state index contributed by atoms with van der Waals surface area (Å²) in [6, 6.07) is 10.3. The minimum Gasteiger partial charge on any atom is -0.507 e. The lowest BCUT2D eigenvalue weighted by atomic mass is 9.95. The van der Waals surface area contributed by atoms with Gasteiger partial charge >= 0.3 is 5.91 Å². The van der Waals surface area contributed by atoms with Crippen molar-refractivity contribution >= 4 is 33.9 Å². The van der Waals surface area contributed by atoms with Crippen molar-refractivity contribution in [3.05, 3.63) is 70.7 Å². The van der Waals surface area contributed by atoms with Crippen LogP contribution < -0.4 is 14.4 Å². The molecule has 4 rings (SSSR count). The number of rotatable bonds is 8. The van der Waals surface area contributed by atoms with E-state index in [0.29, 0.717) is 28.6 Å². The molecule has 1 saturated heterocycles. The van der Waals surface area contributed by atoms with Gasteiger partial charge in [-0.2, -0.15) is 0 Å². The summed E-state index contributed by atoms with van der Waals surface area (Å²) in [5, 5.41) is 23.3. The van der Waals surface area contributed by atoms with Gasteiger partial charge in [-0.1, -0.05) is 31.5 Å². The third-order valence-corrected chi connectivity index (χ3v) is 6.23. The van der Waals surface area contributed by atoms with E-state index in [0.717, 1.165) is 12.8 Å². The number of carbonyl (C=O) groups excluding carboxylic acids is 2. The fraction of sp³-hybridized carbons (Fsp3) is 0.240. The first-order valence-corrected chi connectivity index (χ1v) is 11.6. The average Bonchev–Trinajstić information content (AvgIpc) is 3.46. The molecule has 0 spiro atoms. The number of amides is 1. The number of unbranched alkanes of at least 4 members (excludes halogenated alkanes) is 1. The van der Waals surface area contributed by atoms with Gasteiger partial charge in [0.05, 0.1) is 25.3 Å². The molecule has 3 aromatic rings. The normalized spacial score (nSPS) is 17.2. The molecule has 0 aliphatic carbocycles. The van der Waals surface area contributed by atoms with Crippen LogP contribution in [0.4, 0.5) is 5.13 Å². The van der Waals surface area contributed by atoms with Crippen molar-refractivity contribution in [3.8, 4) is 17.2 Å². The zero-order valence-corrected chi connectivity index (χ0v) is 19.5. The molecule has 2 aromatic carbocycles. The van der Waals surface area contributed by atoms with Crippen molar-refractivity contribution in [2.24, 2.45) is 0 Å². The Morgan fingerprint density at radius 2 is 2.03 bits per heavy atom. The lowest BCUT2D eigenvalue weighted by Crippen LogP contribution is -2.29. The first-order chi connectivity index (χ1) is 16.5. The second-order valence-corrected chi connectivity index (χ2v) is 8.52. The van der Waals surface area contributed by atoms with Crippen LogP contribution in [0.2, 0.25) is 0 Å². The highest BCUT2D eigenvalue weighted by atomic mass is 32.1. The Balaban J connectivity index is 1.85. The third kappa shape index (κ3) is 4.34. The fourth-order valence-electron chi connectivity index (χ4n) is 3.77. The second kappa shape index (κ2) is 9.96. The number of benzene rings is 2. The number of anilines is 1. The Bertz CT molecular complexity index is 1240.